The van der Waals surface area contributed by atoms with E-state index >= 15 is 0 Å². The standard InChI is InChI=1S/C27H44N6O3S2/c1-4-33(5-2)19-12-20-38(35,36)31-24(18-17-22-13-8-6-9-14-22)26-28-25(29-30-26)21-32(3)27(34)37-23-15-10-7-11-16-23/h6,8-9,13-14,23-24,31H,4-5,7,10-12,15-21H2,1-3H3,(H,28,29,30)/t24-/m1/s1. The van der Waals surface area contributed by atoms with Crippen molar-refractivity contribution in [2.24, 2.45) is 0 Å². The molecular formula is C27H44N6O3S2. The van der Waals surface area contributed by atoms with Gasteiger partial charge in [0, 0.05) is 12.3 Å². The van der Waals surface area contributed by atoms with Crippen LogP contribution in [-0.2, 0) is 23.0 Å². The number of H-pyrrole nitrogens is 1. The zero-order valence-corrected chi connectivity index (χ0v) is 24.7. The minimum absolute atomic E-state index is 0.0257. The summed E-state index contributed by atoms with van der Waals surface area (Å²) in [5.41, 5.74) is 1.13. The molecule has 0 saturated heterocycles. The number of thioether (sulfide) groups is 1. The fraction of sp³-hybridized carbons (Fsp3) is 0.667. The van der Waals surface area contributed by atoms with Gasteiger partial charge in [-0.25, -0.2) is 18.1 Å². The molecule has 1 fully saturated rings. The Hall–Kier alpha value is -1.95. The fourth-order valence-electron chi connectivity index (χ4n) is 4.73. The summed E-state index contributed by atoms with van der Waals surface area (Å²) in [7, 11) is -1.76. The Bertz CT molecular complexity index is 1070. The topological polar surface area (TPSA) is 111 Å². The molecule has 1 aromatic heterocycles. The van der Waals surface area contributed by atoms with E-state index in [9.17, 15) is 13.2 Å². The lowest BCUT2D eigenvalue weighted by Crippen LogP contribution is -2.33. The molecule has 212 valence electrons. The molecule has 11 heteroatoms. The summed E-state index contributed by atoms with van der Waals surface area (Å²) in [5, 5.41) is 7.67. The Morgan fingerprint density at radius 1 is 1.16 bits per heavy atom. The van der Waals surface area contributed by atoms with Gasteiger partial charge >= 0.3 is 0 Å². The second kappa shape index (κ2) is 15.6. The highest BCUT2D eigenvalue weighted by atomic mass is 32.2. The van der Waals surface area contributed by atoms with Crippen LogP contribution in [0.1, 0.15) is 82.0 Å². The molecule has 0 aliphatic heterocycles. The first kappa shape index (κ1) is 30.6. The van der Waals surface area contributed by atoms with Crippen LogP contribution in [0.15, 0.2) is 30.3 Å². The molecule has 1 aliphatic rings. The zero-order chi connectivity index (χ0) is 27.4. The van der Waals surface area contributed by atoms with E-state index in [1.165, 1.54) is 31.0 Å². The Labute approximate surface area is 232 Å². The van der Waals surface area contributed by atoms with E-state index in [-0.39, 0.29) is 17.5 Å². The quantitative estimate of drug-likeness (QED) is 0.321. The summed E-state index contributed by atoms with van der Waals surface area (Å²) >= 11 is 1.41. The number of carbonyl (C=O) groups excluding carboxylic acids is 1. The average molecular weight is 565 g/mol. The number of nitrogens with zero attached hydrogens (tertiary/aromatic N) is 4. The molecule has 1 atom stereocenters. The van der Waals surface area contributed by atoms with E-state index < -0.39 is 16.1 Å². The molecule has 0 spiro atoms. The van der Waals surface area contributed by atoms with Crippen LogP contribution in [0.4, 0.5) is 4.79 Å². The largest absolute Gasteiger partial charge is 0.329 e. The molecule has 1 aromatic carbocycles. The van der Waals surface area contributed by atoms with Gasteiger partial charge in [0.2, 0.25) is 10.0 Å². The van der Waals surface area contributed by atoms with E-state index in [1.54, 1.807) is 11.9 Å². The smallest absolute Gasteiger partial charge is 0.282 e. The molecule has 0 bridgehead atoms. The van der Waals surface area contributed by atoms with Gasteiger partial charge in [-0.1, -0.05) is 75.2 Å². The Kier molecular flexibility index (Phi) is 12.6. The number of rotatable bonds is 15. The molecule has 2 aromatic rings. The SMILES string of the molecule is CCN(CC)CCCS(=O)(=O)N[C@H](CCc1ccccc1)c1nc(CN(C)C(=O)SC2CCCCC2)n[nH]1. The lowest BCUT2D eigenvalue weighted by molar-refractivity contribution is 0.230. The highest BCUT2D eigenvalue weighted by Gasteiger charge is 2.25. The summed E-state index contributed by atoms with van der Waals surface area (Å²) < 4.78 is 28.9. The van der Waals surface area contributed by atoms with Gasteiger partial charge in [-0.15, -0.1) is 0 Å². The third-order valence-corrected chi connectivity index (χ3v) is 9.85. The van der Waals surface area contributed by atoms with E-state index in [0.717, 1.165) is 38.0 Å². The highest BCUT2D eigenvalue weighted by molar-refractivity contribution is 8.14. The lowest BCUT2D eigenvalue weighted by Gasteiger charge is -2.23. The van der Waals surface area contributed by atoms with Crippen LogP contribution < -0.4 is 4.72 Å². The van der Waals surface area contributed by atoms with Crippen molar-refractivity contribution < 1.29 is 13.2 Å². The van der Waals surface area contributed by atoms with Crippen molar-refractivity contribution in [1.82, 2.24) is 29.7 Å². The van der Waals surface area contributed by atoms with E-state index in [4.69, 9.17) is 0 Å². The molecule has 1 saturated carbocycles. The maximum atomic E-state index is 13.0. The predicted molar refractivity (Wildman–Crippen MR) is 155 cm³/mol. The van der Waals surface area contributed by atoms with Gasteiger partial charge in [-0.05, 0) is 57.3 Å². The summed E-state index contributed by atoms with van der Waals surface area (Å²) in [6.45, 7) is 6.99. The third kappa shape index (κ3) is 10.3. The second-order valence-electron chi connectivity index (χ2n) is 10.0. The maximum absolute atomic E-state index is 13.0. The fourth-order valence-corrected chi connectivity index (χ4v) is 7.12. The second-order valence-corrected chi connectivity index (χ2v) is 13.2. The highest BCUT2D eigenvalue weighted by Crippen LogP contribution is 2.30. The van der Waals surface area contributed by atoms with Gasteiger partial charge in [-0.3, -0.25) is 9.89 Å². The monoisotopic (exact) mass is 564 g/mol. The number of aromatic amines is 1. The number of hydrogen-bond donors (Lipinski definition) is 2. The van der Waals surface area contributed by atoms with Crippen molar-refractivity contribution in [1.29, 1.82) is 0 Å². The summed E-state index contributed by atoms with van der Waals surface area (Å²) in [5.74, 6) is 1.01. The number of carbonyl (C=O) groups is 1. The van der Waals surface area contributed by atoms with Crippen molar-refractivity contribution in [3.05, 3.63) is 47.5 Å². The van der Waals surface area contributed by atoms with Gasteiger partial charge in [0.1, 0.15) is 5.82 Å². The zero-order valence-electron chi connectivity index (χ0n) is 23.1. The van der Waals surface area contributed by atoms with Crippen LogP contribution in [0, 0.1) is 0 Å². The number of aryl methyl sites for hydroxylation is 1. The van der Waals surface area contributed by atoms with Gasteiger partial charge in [0.15, 0.2) is 5.82 Å². The summed E-state index contributed by atoms with van der Waals surface area (Å²) in [4.78, 5) is 21.2. The molecule has 38 heavy (non-hydrogen) atoms. The molecule has 0 radical (unpaired) electrons. The first-order chi connectivity index (χ1) is 18.3. The van der Waals surface area contributed by atoms with Crippen LogP contribution in [0.2, 0.25) is 0 Å². The van der Waals surface area contributed by atoms with Gasteiger partial charge in [-0.2, -0.15) is 5.10 Å². The third-order valence-electron chi connectivity index (χ3n) is 7.06. The number of nitrogens with one attached hydrogen (secondary N) is 2. The van der Waals surface area contributed by atoms with Crippen molar-refractivity contribution in [2.75, 3.05) is 32.4 Å². The number of hydrogen-bond acceptors (Lipinski definition) is 7. The summed E-state index contributed by atoms with van der Waals surface area (Å²) in [6.07, 6.45) is 7.62. The van der Waals surface area contributed by atoms with Gasteiger partial charge in [0.25, 0.3) is 5.24 Å². The minimum Gasteiger partial charge on any atom is -0.329 e. The Morgan fingerprint density at radius 3 is 2.55 bits per heavy atom. The van der Waals surface area contributed by atoms with Crippen LogP contribution in [-0.4, -0.2) is 76.3 Å². The van der Waals surface area contributed by atoms with Crippen molar-refractivity contribution in [2.45, 2.75) is 83.1 Å². The molecule has 1 aliphatic carbocycles. The van der Waals surface area contributed by atoms with Crippen LogP contribution in [0.5, 0.6) is 0 Å². The lowest BCUT2D eigenvalue weighted by atomic mass is 10.0. The molecular weight excluding hydrogens is 520 g/mol. The van der Waals surface area contributed by atoms with E-state index in [2.05, 4.69) is 38.7 Å². The minimum atomic E-state index is -3.52. The van der Waals surface area contributed by atoms with E-state index in [1.807, 2.05) is 30.3 Å². The molecule has 1 amide bonds. The number of sulfonamides is 1. The molecule has 3 rings (SSSR count). The molecule has 0 unspecified atom stereocenters. The van der Waals surface area contributed by atoms with E-state index in [0.29, 0.717) is 36.2 Å². The predicted octanol–water partition coefficient (Wildman–Crippen LogP) is 4.75. The Morgan fingerprint density at radius 2 is 1.87 bits per heavy atom. The van der Waals surface area contributed by atoms with Crippen LogP contribution in [0.3, 0.4) is 0 Å². The van der Waals surface area contributed by atoms with Crippen molar-refractivity contribution in [3.63, 3.8) is 0 Å². The molecule has 2 N–H and O–H groups in total. The summed E-state index contributed by atoms with van der Waals surface area (Å²) in [6, 6.07) is 9.45. The first-order valence-corrected chi connectivity index (χ1v) is 16.4. The van der Waals surface area contributed by atoms with Gasteiger partial charge in [0.05, 0.1) is 18.3 Å². The van der Waals surface area contributed by atoms with Crippen LogP contribution >= 0.6 is 11.8 Å². The normalized spacial score (nSPS) is 15.6. The number of aromatic nitrogens is 3. The number of benzene rings is 1. The maximum Gasteiger partial charge on any atom is 0.282 e. The molecule has 9 nitrogen and oxygen atoms in total. The Balaban J connectivity index is 1.63. The van der Waals surface area contributed by atoms with Crippen molar-refractivity contribution >= 4 is 27.0 Å². The van der Waals surface area contributed by atoms with Crippen LogP contribution in [0.25, 0.3) is 0 Å². The van der Waals surface area contributed by atoms with Gasteiger partial charge < -0.3 is 9.80 Å². The first-order valence-electron chi connectivity index (χ1n) is 13.9. The average Bonchev–Trinajstić information content (AvgIpc) is 3.38. The number of amides is 1. The molecule has 1 heterocycles. The van der Waals surface area contributed by atoms with Crippen molar-refractivity contribution in [3.8, 4) is 0 Å².